The highest BCUT2D eigenvalue weighted by Crippen LogP contribution is 2.41. The Morgan fingerprint density at radius 2 is 2.00 bits per heavy atom. The fourth-order valence-electron chi connectivity index (χ4n) is 3.09. The molecule has 0 unspecified atom stereocenters. The molecule has 0 aliphatic carbocycles. The van der Waals surface area contributed by atoms with Gasteiger partial charge < -0.3 is 10.8 Å². The largest absolute Gasteiger partial charge is 0.493 e. The monoisotopic (exact) mass is 459 g/mol. The smallest absolute Gasteiger partial charge is 0.221 e. The highest BCUT2D eigenvalue weighted by atomic mass is 79.9. The Bertz CT molecular complexity index is 1030. The summed E-state index contributed by atoms with van der Waals surface area (Å²) in [5, 5.41) is 19.5. The number of rotatable bonds is 6. The maximum absolute atomic E-state index is 10.9. The fraction of sp³-hybridized carbons (Fsp3) is 0.250. The van der Waals surface area contributed by atoms with Crippen molar-refractivity contribution in [2.45, 2.75) is 27.1 Å². The van der Waals surface area contributed by atoms with Gasteiger partial charge in [-0.15, -0.1) is 10.2 Å². The molecule has 0 aliphatic heterocycles. The summed E-state index contributed by atoms with van der Waals surface area (Å²) >= 11 is 8.37. The molecule has 0 atom stereocenters. The third-order valence-electron chi connectivity index (χ3n) is 4.58. The Hall–Kier alpha value is -2.29. The fourth-order valence-corrected chi connectivity index (χ4v) is 3.46. The number of azo groups is 1. The topological polar surface area (TPSA) is 79.1 Å². The average molecular weight is 460 g/mol. The van der Waals surface area contributed by atoms with Gasteiger partial charge in [-0.3, -0.25) is 9.47 Å². The van der Waals surface area contributed by atoms with Gasteiger partial charge in [0.25, 0.3) is 0 Å². The van der Waals surface area contributed by atoms with Crippen LogP contribution in [0.5, 0.6) is 5.88 Å². The van der Waals surface area contributed by atoms with Crippen LogP contribution in [0.1, 0.15) is 18.1 Å². The van der Waals surface area contributed by atoms with E-state index in [0.717, 1.165) is 34.0 Å². The van der Waals surface area contributed by atoms with Gasteiger partial charge in [0.2, 0.25) is 11.0 Å². The summed E-state index contributed by atoms with van der Waals surface area (Å²) in [6.07, 6.45) is 0. The van der Waals surface area contributed by atoms with Crippen LogP contribution < -0.4 is 5.73 Å². The van der Waals surface area contributed by atoms with Crippen LogP contribution in [-0.4, -0.2) is 26.2 Å². The second-order valence-electron chi connectivity index (χ2n) is 6.53. The van der Waals surface area contributed by atoms with E-state index in [-0.39, 0.29) is 11.0 Å². The van der Waals surface area contributed by atoms with Crippen molar-refractivity contribution in [3.8, 4) is 5.88 Å². The van der Waals surface area contributed by atoms with Crippen LogP contribution >= 0.6 is 28.1 Å². The average Bonchev–Trinajstić information content (AvgIpc) is 2.91. The van der Waals surface area contributed by atoms with Gasteiger partial charge in [-0.1, -0.05) is 53.2 Å². The first-order valence-corrected chi connectivity index (χ1v) is 10.1. The van der Waals surface area contributed by atoms with Gasteiger partial charge in [0.15, 0.2) is 5.69 Å². The quantitative estimate of drug-likeness (QED) is 0.390. The van der Waals surface area contributed by atoms with Crippen LogP contribution in [0.4, 0.5) is 5.69 Å². The van der Waals surface area contributed by atoms with Crippen LogP contribution in [0.2, 0.25) is 0 Å². The molecule has 0 radical (unpaired) electrons. The molecule has 1 aromatic heterocycles. The predicted molar refractivity (Wildman–Crippen MR) is 120 cm³/mol. The zero-order valence-electron chi connectivity index (χ0n) is 15.8. The molecule has 0 fully saturated rings. The molecule has 0 spiro atoms. The van der Waals surface area contributed by atoms with Crippen LogP contribution in [-0.2, 0) is 13.2 Å². The van der Waals surface area contributed by atoms with E-state index in [1.165, 1.54) is 5.56 Å². The molecule has 8 heteroatoms. The summed E-state index contributed by atoms with van der Waals surface area (Å²) in [4.78, 5) is 2.23. The Morgan fingerprint density at radius 1 is 1.29 bits per heavy atom. The van der Waals surface area contributed by atoms with E-state index in [2.05, 4.69) is 50.1 Å². The Morgan fingerprint density at radius 3 is 2.64 bits per heavy atom. The van der Waals surface area contributed by atoms with Crippen molar-refractivity contribution in [3.63, 3.8) is 0 Å². The lowest BCUT2D eigenvalue weighted by atomic mass is 10.1. The van der Waals surface area contributed by atoms with Crippen molar-refractivity contribution in [1.82, 2.24) is 9.47 Å². The first kappa shape index (κ1) is 20.4. The Balaban J connectivity index is 2.05. The van der Waals surface area contributed by atoms with E-state index in [9.17, 15) is 5.11 Å². The molecule has 3 aromatic rings. The molecule has 0 saturated heterocycles. The SMILES string of the molecule is CCN(Cc1ccccc1)Cn1c(O)c(N=NC(N)=S)c2cc(C)c(Br)cc21. The maximum atomic E-state index is 10.9. The molecule has 0 aliphatic rings. The number of aryl methyl sites for hydroxylation is 1. The molecule has 1 heterocycles. The number of aromatic nitrogens is 1. The number of benzene rings is 2. The number of halogens is 1. The van der Waals surface area contributed by atoms with Gasteiger partial charge in [0.1, 0.15) is 0 Å². The van der Waals surface area contributed by atoms with Gasteiger partial charge in [0, 0.05) is 16.4 Å². The molecule has 0 bridgehead atoms. The molecule has 2 aromatic carbocycles. The number of hydrogen-bond acceptors (Lipinski definition) is 4. The standard InChI is InChI=1S/C20H22BrN5OS/c1-3-25(11-14-7-5-4-6-8-14)12-26-17-10-16(21)13(2)9-15(17)18(19(26)27)23-24-20(22)28/h4-10,27H,3,11-12H2,1-2H3,(H2,22,28). The van der Waals surface area contributed by atoms with Crippen molar-refractivity contribution in [1.29, 1.82) is 0 Å². The lowest BCUT2D eigenvalue weighted by molar-refractivity contribution is 0.214. The molecular weight excluding hydrogens is 438 g/mol. The van der Waals surface area contributed by atoms with Gasteiger partial charge in [-0.25, -0.2) is 0 Å². The Labute approximate surface area is 177 Å². The molecule has 3 rings (SSSR count). The maximum Gasteiger partial charge on any atom is 0.221 e. The first-order chi connectivity index (χ1) is 13.4. The van der Waals surface area contributed by atoms with Crippen molar-refractivity contribution < 1.29 is 5.11 Å². The number of hydrogen-bond donors (Lipinski definition) is 2. The van der Waals surface area contributed by atoms with E-state index < -0.39 is 0 Å². The number of thiocarbonyl (C=S) groups is 1. The summed E-state index contributed by atoms with van der Waals surface area (Å²) in [7, 11) is 0. The Kier molecular flexibility index (Phi) is 6.43. The minimum Gasteiger partial charge on any atom is -0.493 e. The van der Waals surface area contributed by atoms with Crippen LogP contribution in [0.15, 0.2) is 57.2 Å². The first-order valence-electron chi connectivity index (χ1n) is 8.89. The highest BCUT2D eigenvalue weighted by Gasteiger charge is 2.19. The van der Waals surface area contributed by atoms with Gasteiger partial charge in [0.05, 0.1) is 12.2 Å². The summed E-state index contributed by atoms with van der Waals surface area (Å²) < 4.78 is 2.79. The zero-order chi connectivity index (χ0) is 20.3. The molecule has 0 saturated carbocycles. The van der Waals surface area contributed by atoms with E-state index in [4.69, 9.17) is 18.0 Å². The van der Waals surface area contributed by atoms with Crippen LogP contribution in [0.3, 0.4) is 0 Å². The van der Waals surface area contributed by atoms with Gasteiger partial charge in [-0.05, 0) is 48.9 Å². The molecule has 6 nitrogen and oxygen atoms in total. The number of aromatic hydroxyl groups is 1. The second kappa shape index (κ2) is 8.81. The molecule has 0 amide bonds. The number of nitrogens with zero attached hydrogens (tertiary/aromatic N) is 4. The van der Waals surface area contributed by atoms with Crippen molar-refractivity contribution in [2.24, 2.45) is 16.0 Å². The van der Waals surface area contributed by atoms with Crippen molar-refractivity contribution >= 4 is 49.9 Å². The lowest BCUT2D eigenvalue weighted by Crippen LogP contribution is -2.25. The molecule has 146 valence electrons. The van der Waals surface area contributed by atoms with Gasteiger partial charge >= 0.3 is 0 Å². The van der Waals surface area contributed by atoms with Crippen molar-refractivity contribution in [2.75, 3.05) is 6.54 Å². The summed E-state index contributed by atoms with van der Waals surface area (Å²) in [5.41, 5.74) is 8.93. The van der Waals surface area contributed by atoms with E-state index in [1.807, 2.05) is 41.8 Å². The minimum absolute atomic E-state index is 0.0408. The van der Waals surface area contributed by atoms with Crippen LogP contribution in [0, 0.1) is 6.92 Å². The van der Waals surface area contributed by atoms with E-state index >= 15 is 0 Å². The van der Waals surface area contributed by atoms with Crippen LogP contribution in [0.25, 0.3) is 10.9 Å². The predicted octanol–water partition coefficient (Wildman–Crippen LogP) is 5.22. The third kappa shape index (κ3) is 4.40. The van der Waals surface area contributed by atoms with E-state index in [0.29, 0.717) is 12.4 Å². The van der Waals surface area contributed by atoms with E-state index in [1.54, 1.807) is 0 Å². The summed E-state index contributed by atoms with van der Waals surface area (Å²) in [6, 6.07) is 14.2. The van der Waals surface area contributed by atoms with Gasteiger partial charge in [-0.2, -0.15) is 0 Å². The summed E-state index contributed by atoms with van der Waals surface area (Å²) in [6.45, 7) is 6.18. The molecule has 3 N–H and O–H groups in total. The third-order valence-corrected chi connectivity index (χ3v) is 5.51. The second-order valence-corrected chi connectivity index (χ2v) is 7.80. The number of nitrogens with two attached hydrogens (primary N) is 1. The zero-order valence-corrected chi connectivity index (χ0v) is 18.2. The van der Waals surface area contributed by atoms with Crippen molar-refractivity contribution in [3.05, 3.63) is 58.1 Å². The lowest BCUT2D eigenvalue weighted by Gasteiger charge is -2.22. The molecular formula is C20H22BrN5OS. The highest BCUT2D eigenvalue weighted by molar-refractivity contribution is 9.10. The minimum atomic E-state index is -0.0756. The normalized spacial score (nSPS) is 11.7. The summed E-state index contributed by atoms with van der Waals surface area (Å²) in [5.74, 6) is 0.0408. The number of fused-ring (bicyclic) bond motifs is 1. The molecule has 28 heavy (non-hydrogen) atoms.